The number of hydrogen-bond acceptors (Lipinski definition) is 2. The summed E-state index contributed by atoms with van der Waals surface area (Å²) in [5.41, 5.74) is 7.28. The Labute approximate surface area is 157 Å². The van der Waals surface area contributed by atoms with Crippen molar-refractivity contribution in [3.8, 4) is 5.69 Å². The molecule has 0 aliphatic carbocycles. The molecule has 0 saturated carbocycles. The Bertz CT molecular complexity index is 1110. The van der Waals surface area contributed by atoms with Crippen molar-refractivity contribution < 1.29 is 0 Å². The van der Waals surface area contributed by atoms with E-state index in [9.17, 15) is 0 Å². The maximum atomic E-state index is 6.01. The van der Waals surface area contributed by atoms with E-state index in [1.807, 2.05) is 54.6 Å². The van der Waals surface area contributed by atoms with Crippen LogP contribution in [0.25, 0.3) is 28.9 Å². The molecule has 4 aromatic rings. The number of halogens is 1. The van der Waals surface area contributed by atoms with Gasteiger partial charge in [-0.05, 0) is 68.0 Å². The summed E-state index contributed by atoms with van der Waals surface area (Å²) in [6.07, 6.45) is 5.90. The van der Waals surface area contributed by atoms with Crippen LogP contribution in [0.3, 0.4) is 0 Å². The van der Waals surface area contributed by atoms with Gasteiger partial charge >= 0.3 is 0 Å². The molecule has 0 amide bonds. The molecule has 0 unspecified atom stereocenters. The van der Waals surface area contributed by atoms with Gasteiger partial charge in [-0.25, -0.2) is 4.98 Å². The molecule has 4 rings (SSSR count). The highest BCUT2D eigenvalue weighted by molar-refractivity contribution is 6.30. The molecule has 0 fully saturated rings. The van der Waals surface area contributed by atoms with E-state index >= 15 is 0 Å². The molecule has 0 aliphatic heterocycles. The van der Waals surface area contributed by atoms with Gasteiger partial charge in [0.05, 0.1) is 22.9 Å². The highest BCUT2D eigenvalue weighted by Gasteiger charge is 2.09. The Morgan fingerprint density at radius 1 is 0.923 bits per heavy atom. The van der Waals surface area contributed by atoms with E-state index < -0.39 is 0 Å². The summed E-state index contributed by atoms with van der Waals surface area (Å²) < 4.78 is 2.22. The number of rotatable bonds is 3. The number of benzene rings is 2. The van der Waals surface area contributed by atoms with Crippen LogP contribution in [0.5, 0.6) is 0 Å². The number of fused-ring (bicyclic) bond motifs is 1. The van der Waals surface area contributed by atoms with Gasteiger partial charge < -0.3 is 4.57 Å². The van der Waals surface area contributed by atoms with Crippen LogP contribution in [0, 0.1) is 13.8 Å². The standard InChI is InChI=1S/C22H18ClN3/c1-15-13-17(16(2)26(15)20-11-8-18(23)9-12-20)7-10-19-14-24-21-5-3-4-6-22(21)25-19/h3-14H,1-2H3. The largest absolute Gasteiger partial charge is 0.318 e. The van der Waals surface area contributed by atoms with Gasteiger partial charge in [-0.3, -0.25) is 4.98 Å². The second kappa shape index (κ2) is 6.77. The van der Waals surface area contributed by atoms with Crippen molar-refractivity contribution in [1.29, 1.82) is 0 Å². The number of aryl methyl sites for hydroxylation is 1. The van der Waals surface area contributed by atoms with Crippen molar-refractivity contribution in [3.05, 3.63) is 88.5 Å². The molecule has 2 aromatic carbocycles. The fourth-order valence-corrected chi connectivity index (χ4v) is 3.30. The van der Waals surface area contributed by atoms with Gasteiger partial charge in [0.25, 0.3) is 0 Å². The third-order valence-electron chi connectivity index (χ3n) is 4.46. The predicted molar refractivity (Wildman–Crippen MR) is 109 cm³/mol. The summed E-state index contributed by atoms with van der Waals surface area (Å²) in [5, 5.41) is 0.742. The molecular weight excluding hydrogens is 342 g/mol. The van der Waals surface area contributed by atoms with Gasteiger partial charge in [-0.15, -0.1) is 0 Å². The summed E-state index contributed by atoms with van der Waals surface area (Å²) in [6.45, 7) is 4.22. The van der Waals surface area contributed by atoms with E-state index in [1.54, 1.807) is 6.20 Å². The summed E-state index contributed by atoms with van der Waals surface area (Å²) in [4.78, 5) is 9.11. The van der Waals surface area contributed by atoms with Crippen LogP contribution in [0.2, 0.25) is 5.02 Å². The Morgan fingerprint density at radius 2 is 1.65 bits per heavy atom. The fraction of sp³-hybridized carbons (Fsp3) is 0.0909. The van der Waals surface area contributed by atoms with Gasteiger partial charge in [-0.1, -0.05) is 29.8 Å². The molecule has 3 nitrogen and oxygen atoms in total. The van der Waals surface area contributed by atoms with Crippen LogP contribution >= 0.6 is 11.6 Å². The van der Waals surface area contributed by atoms with E-state index in [4.69, 9.17) is 11.6 Å². The molecule has 2 aromatic heterocycles. The lowest BCUT2D eigenvalue weighted by atomic mass is 10.2. The normalized spacial score (nSPS) is 11.5. The minimum Gasteiger partial charge on any atom is -0.318 e. The SMILES string of the molecule is Cc1cc(C=Cc2cnc3ccccc3n2)c(C)n1-c1ccc(Cl)cc1. The zero-order chi connectivity index (χ0) is 18.1. The van der Waals surface area contributed by atoms with Crippen molar-refractivity contribution in [2.45, 2.75) is 13.8 Å². The number of hydrogen-bond donors (Lipinski definition) is 0. The van der Waals surface area contributed by atoms with Crippen LogP contribution < -0.4 is 0 Å². The van der Waals surface area contributed by atoms with Gasteiger partial charge in [0.15, 0.2) is 0 Å². The Hall–Kier alpha value is -2.91. The lowest BCUT2D eigenvalue weighted by molar-refractivity contribution is 0.965. The summed E-state index contributed by atoms with van der Waals surface area (Å²) >= 11 is 6.01. The Kier molecular flexibility index (Phi) is 4.31. The topological polar surface area (TPSA) is 30.7 Å². The van der Waals surface area contributed by atoms with E-state index in [1.165, 1.54) is 11.4 Å². The summed E-state index contributed by atoms with van der Waals surface area (Å²) in [5.74, 6) is 0. The second-order valence-corrected chi connectivity index (χ2v) is 6.69. The minimum absolute atomic E-state index is 0.742. The number of aromatic nitrogens is 3. The van der Waals surface area contributed by atoms with E-state index in [0.717, 1.165) is 33.0 Å². The summed E-state index contributed by atoms with van der Waals surface area (Å²) in [6, 6.07) is 18.0. The average Bonchev–Trinajstić information content (AvgIpc) is 2.94. The van der Waals surface area contributed by atoms with E-state index in [0.29, 0.717) is 0 Å². The lowest BCUT2D eigenvalue weighted by Gasteiger charge is -2.09. The van der Waals surface area contributed by atoms with E-state index in [-0.39, 0.29) is 0 Å². The zero-order valence-electron chi connectivity index (χ0n) is 14.6. The van der Waals surface area contributed by atoms with Crippen molar-refractivity contribution in [2.75, 3.05) is 0 Å². The molecule has 0 bridgehead atoms. The first-order chi connectivity index (χ1) is 12.6. The smallest absolute Gasteiger partial charge is 0.0894 e. The maximum Gasteiger partial charge on any atom is 0.0894 e. The molecule has 0 N–H and O–H groups in total. The molecule has 2 heterocycles. The molecule has 128 valence electrons. The van der Waals surface area contributed by atoms with Crippen molar-refractivity contribution in [2.24, 2.45) is 0 Å². The highest BCUT2D eigenvalue weighted by Crippen LogP contribution is 2.23. The highest BCUT2D eigenvalue weighted by atomic mass is 35.5. The monoisotopic (exact) mass is 359 g/mol. The second-order valence-electron chi connectivity index (χ2n) is 6.26. The first-order valence-electron chi connectivity index (χ1n) is 8.46. The first-order valence-corrected chi connectivity index (χ1v) is 8.84. The third kappa shape index (κ3) is 3.14. The predicted octanol–water partition coefficient (Wildman–Crippen LogP) is 5.86. The third-order valence-corrected chi connectivity index (χ3v) is 4.71. The van der Waals surface area contributed by atoms with Crippen molar-refractivity contribution in [1.82, 2.24) is 14.5 Å². The molecule has 4 heteroatoms. The van der Waals surface area contributed by atoms with Crippen LogP contribution in [0.15, 0.2) is 60.8 Å². The molecular formula is C22H18ClN3. The minimum atomic E-state index is 0.742. The Morgan fingerprint density at radius 3 is 2.42 bits per heavy atom. The van der Waals surface area contributed by atoms with Crippen LogP contribution in [-0.2, 0) is 0 Å². The van der Waals surface area contributed by atoms with Crippen LogP contribution in [0.4, 0.5) is 0 Å². The first kappa shape index (κ1) is 16.6. The lowest BCUT2D eigenvalue weighted by Crippen LogP contribution is -1.98. The molecule has 0 radical (unpaired) electrons. The van der Waals surface area contributed by atoms with Gasteiger partial charge in [0.2, 0.25) is 0 Å². The van der Waals surface area contributed by atoms with E-state index in [2.05, 4.69) is 40.5 Å². The van der Waals surface area contributed by atoms with Gasteiger partial charge in [-0.2, -0.15) is 0 Å². The zero-order valence-corrected chi connectivity index (χ0v) is 15.4. The summed E-state index contributed by atoms with van der Waals surface area (Å²) in [7, 11) is 0. The Balaban J connectivity index is 1.68. The molecule has 0 spiro atoms. The van der Waals surface area contributed by atoms with Gasteiger partial charge in [0, 0.05) is 22.1 Å². The molecule has 0 saturated heterocycles. The molecule has 0 aliphatic rings. The van der Waals surface area contributed by atoms with Crippen molar-refractivity contribution >= 4 is 34.8 Å². The maximum absolute atomic E-state index is 6.01. The van der Waals surface area contributed by atoms with Gasteiger partial charge in [0.1, 0.15) is 0 Å². The fourth-order valence-electron chi connectivity index (χ4n) is 3.17. The number of para-hydroxylation sites is 2. The molecule has 0 atom stereocenters. The molecule has 26 heavy (non-hydrogen) atoms. The van der Waals surface area contributed by atoms with Crippen LogP contribution in [-0.4, -0.2) is 14.5 Å². The number of nitrogens with zero attached hydrogens (tertiary/aromatic N) is 3. The quantitative estimate of drug-likeness (QED) is 0.458. The van der Waals surface area contributed by atoms with Crippen molar-refractivity contribution in [3.63, 3.8) is 0 Å². The average molecular weight is 360 g/mol. The van der Waals surface area contributed by atoms with Crippen LogP contribution in [0.1, 0.15) is 22.6 Å².